The molecule has 0 radical (unpaired) electrons. The van der Waals surface area contributed by atoms with Gasteiger partial charge in [0.2, 0.25) is 0 Å². The second kappa shape index (κ2) is 20.0. The summed E-state index contributed by atoms with van der Waals surface area (Å²) in [6.45, 7) is 0. The molecule has 0 N–H and O–H groups in total. The third kappa shape index (κ3) is 8.37. The molecule has 83 heavy (non-hydrogen) atoms. The zero-order chi connectivity index (χ0) is 54.8. The smallest absolute Gasteiger partial charge is 0.0541 e. The third-order valence-electron chi connectivity index (χ3n) is 16.9. The minimum atomic E-state index is 1.10. The average molecular weight is 1060 g/mol. The number of aromatic nitrogens is 2. The highest BCUT2D eigenvalue weighted by Crippen LogP contribution is 2.46. The minimum Gasteiger partial charge on any atom is -0.310 e. The van der Waals surface area contributed by atoms with Crippen LogP contribution in [0.3, 0.4) is 0 Å². The molecule has 0 atom stereocenters. The highest BCUT2D eigenvalue weighted by atomic mass is 15.1. The molecule has 0 spiro atoms. The second-order valence-corrected chi connectivity index (χ2v) is 21.7. The van der Waals surface area contributed by atoms with Crippen molar-refractivity contribution in [1.82, 2.24) is 9.13 Å². The summed E-state index contributed by atoms with van der Waals surface area (Å²) in [7, 11) is 0. The first-order valence-corrected chi connectivity index (χ1v) is 28.6. The molecule has 0 bridgehead atoms. The van der Waals surface area contributed by atoms with Gasteiger partial charge in [-0.1, -0.05) is 212 Å². The molecule has 0 fully saturated rings. The van der Waals surface area contributed by atoms with E-state index in [0.717, 1.165) is 56.3 Å². The van der Waals surface area contributed by atoms with Gasteiger partial charge in [0.25, 0.3) is 0 Å². The van der Waals surface area contributed by atoms with E-state index in [1.165, 1.54) is 93.0 Å². The molecule has 388 valence electrons. The summed E-state index contributed by atoms with van der Waals surface area (Å²) < 4.78 is 4.83. The molecule has 16 aromatic rings. The van der Waals surface area contributed by atoms with E-state index in [0.29, 0.717) is 0 Å². The van der Waals surface area contributed by atoms with Gasteiger partial charge >= 0.3 is 0 Å². The molecular weight excluding hydrogens is 1000 g/mol. The van der Waals surface area contributed by atoms with Crippen LogP contribution in [-0.4, -0.2) is 9.13 Å². The van der Waals surface area contributed by atoms with E-state index in [2.05, 4.69) is 336 Å². The van der Waals surface area contributed by atoms with Crippen molar-refractivity contribution in [2.45, 2.75) is 0 Å². The summed E-state index contributed by atoms with van der Waals surface area (Å²) in [5, 5.41) is 9.66. The van der Waals surface area contributed by atoms with E-state index >= 15 is 0 Å². The molecule has 0 aliphatic heterocycles. The largest absolute Gasteiger partial charge is 0.310 e. The fraction of sp³-hybridized carbons (Fsp3) is 0. The van der Waals surface area contributed by atoms with Gasteiger partial charge in [0, 0.05) is 49.7 Å². The lowest BCUT2D eigenvalue weighted by Gasteiger charge is -2.28. The van der Waals surface area contributed by atoms with Gasteiger partial charge in [0.15, 0.2) is 0 Å². The van der Waals surface area contributed by atoms with Crippen molar-refractivity contribution in [2.24, 2.45) is 0 Å². The van der Waals surface area contributed by atoms with Crippen molar-refractivity contribution in [3.05, 3.63) is 322 Å². The van der Waals surface area contributed by atoms with Crippen LogP contribution in [0, 0.1) is 0 Å². The average Bonchev–Trinajstić information content (AvgIpc) is 4.27. The Kier molecular flexibility index (Phi) is 11.5. The topological polar surface area (TPSA) is 13.1 Å². The lowest BCUT2D eigenvalue weighted by molar-refractivity contribution is 1.18. The molecule has 0 aliphatic carbocycles. The Morgan fingerprint density at radius 3 is 1.18 bits per heavy atom. The van der Waals surface area contributed by atoms with Crippen LogP contribution < -0.4 is 4.90 Å². The summed E-state index contributed by atoms with van der Waals surface area (Å²) in [5.41, 5.74) is 22.1. The van der Waals surface area contributed by atoms with Crippen LogP contribution in [0.4, 0.5) is 17.1 Å². The predicted molar refractivity (Wildman–Crippen MR) is 352 cm³/mol. The van der Waals surface area contributed by atoms with Crippen LogP contribution in [0.1, 0.15) is 0 Å². The molecule has 3 heteroatoms. The standard InChI is InChI=1S/C80H53N3/c1-4-18-54(19-5-1)57-32-39-66(40-33-57)82-76-30-16-14-28-72(76)74-52-60(37-45-79(74)82)62-48-63(61-38-46-80-75(53-61)73-29-15-17-31-77(73)83(80)67-41-34-58(35-42-67)55-20-6-2-7-21-55)50-64(49-62)69-44-47-78(71-27-13-12-26-70(69)71)81(65-24-8-3-9-25-65)68-43-36-56-22-10-11-23-59(56)51-68/h1-53H. The van der Waals surface area contributed by atoms with E-state index in [-0.39, 0.29) is 0 Å². The number of anilines is 3. The van der Waals surface area contributed by atoms with Crippen molar-refractivity contribution in [1.29, 1.82) is 0 Å². The Balaban J connectivity index is 0.878. The second-order valence-electron chi connectivity index (χ2n) is 21.7. The molecule has 0 unspecified atom stereocenters. The number of rotatable bonds is 10. The van der Waals surface area contributed by atoms with Crippen molar-refractivity contribution >= 4 is 82.2 Å². The summed E-state index contributed by atoms with van der Waals surface area (Å²) in [6.07, 6.45) is 0. The molecule has 0 saturated carbocycles. The van der Waals surface area contributed by atoms with Crippen LogP contribution in [0.2, 0.25) is 0 Å². The van der Waals surface area contributed by atoms with Gasteiger partial charge in [-0.3, -0.25) is 0 Å². The zero-order valence-corrected chi connectivity index (χ0v) is 45.4. The van der Waals surface area contributed by atoms with Crippen molar-refractivity contribution in [3.8, 4) is 67.0 Å². The molecule has 16 rings (SSSR count). The van der Waals surface area contributed by atoms with E-state index in [4.69, 9.17) is 0 Å². The van der Waals surface area contributed by atoms with E-state index in [1.807, 2.05) is 0 Å². The van der Waals surface area contributed by atoms with Gasteiger partial charge < -0.3 is 14.0 Å². The van der Waals surface area contributed by atoms with Gasteiger partial charge in [-0.25, -0.2) is 0 Å². The van der Waals surface area contributed by atoms with Crippen molar-refractivity contribution in [2.75, 3.05) is 4.90 Å². The normalized spacial score (nSPS) is 11.6. The van der Waals surface area contributed by atoms with Crippen LogP contribution in [-0.2, 0) is 0 Å². The molecule has 0 aliphatic rings. The Hall–Kier alpha value is -11.0. The maximum Gasteiger partial charge on any atom is 0.0541 e. The molecule has 14 aromatic carbocycles. The van der Waals surface area contributed by atoms with Crippen LogP contribution in [0.5, 0.6) is 0 Å². The molecule has 0 saturated heterocycles. The summed E-state index contributed by atoms with van der Waals surface area (Å²) in [5.74, 6) is 0. The first kappa shape index (κ1) is 48.0. The van der Waals surface area contributed by atoms with Gasteiger partial charge in [0.1, 0.15) is 0 Å². The fourth-order valence-corrected chi connectivity index (χ4v) is 12.9. The highest BCUT2D eigenvalue weighted by Gasteiger charge is 2.21. The quantitative estimate of drug-likeness (QED) is 0.133. The first-order chi connectivity index (χ1) is 41.1. The number of benzene rings is 14. The lowest BCUT2D eigenvalue weighted by atomic mass is 9.90. The number of nitrogens with zero attached hydrogens (tertiary/aromatic N) is 3. The minimum absolute atomic E-state index is 1.10. The Morgan fingerprint density at radius 2 is 0.627 bits per heavy atom. The van der Waals surface area contributed by atoms with Gasteiger partial charge in [0.05, 0.1) is 27.8 Å². The Bertz CT molecular complexity index is 4890. The van der Waals surface area contributed by atoms with Crippen molar-refractivity contribution < 1.29 is 0 Å². The summed E-state index contributed by atoms with van der Waals surface area (Å²) in [4.78, 5) is 2.41. The number of hydrogen-bond acceptors (Lipinski definition) is 1. The Labute approximate surface area is 482 Å². The molecule has 3 nitrogen and oxygen atoms in total. The van der Waals surface area contributed by atoms with E-state index < -0.39 is 0 Å². The third-order valence-corrected chi connectivity index (χ3v) is 16.9. The van der Waals surface area contributed by atoms with Crippen LogP contribution in [0.25, 0.3) is 132 Å². The van der Waals surface area contributed by atoms with Crippen molar-refractivity contribution in [3.63, 3.8) is 0 Å². The van der Waals surface area contributed by atoms with Gasteiger partial charge in [-0.05, 0) is 181 Å². The summed E-state index contributed by atoms with van der Waals surface area (Å²) >= 11 is 0. The zero-order valence-electron chi connectivity index (χ0n) is 45.4. The summed E-state index contributed by atoms with van der Waals surface area (Å²) in [6, 6.07) is 118. The monoisotopic (exact) mass is 1060 g/mol. The maximum atomic E-state index is 2.42. The van der Waals surface area contributed by atoms with Gasteiger partial charge in [-0.2, -0.15) is 0 Å². The SMILES string of the molecule is c1ccc(-c2ccc(-n3c4ccccc4c4cc(-c5cc(-c6ccc7c(c6)c6ccccc6n7-c6ccc(-c7ccccc7)cc6)cc(-c6ccc(N(c7ccccc7)c7ccc8ccccc8c7)c7ccccc67)c5)ccc43)cc2)cc1. The molecule has 0 amide bonds. The van der Waals surface area contributed by atoms with Gasteiger partial charge in [-0.15, -0.1) is 0 Å². The fourth-order valence-electron chi connectivity index (χ4n) is 12.9. The molecule has 2 heterocycles. The van der Waals surface area contributed by atoms with E-state index in [9.17, 15) is 0 Å². The number of para-hydroxylation sites is 3. The van der Waals surface area contributed by atoms with E-state index in [1.54, 1.807) is 0 Å². The lowest BCUT2D eigenvalue weighted by Crippen LogP contribution is -2.10. The number of fused-ring (bicyclic) bond motifs is 8. The highest BCUT2D eigenvalue weighted by molar-refractivity contribution is 6.13. The molecule has 2 aromatic heterocycles. The molecular formula is C80H53N3. The Morgan fingerprint density at radius 1 is 0.205 bits per heavy atom. The van der Waals surface area contributed by atoms with Crippen LogP contribution in [0.15, 0.2) is 322 Å². The first-order valence-electron chi connectivity index (χ1n) is 28.6. The maximum absolute atomic E-state index is 2.42. The predicted octanol–water partition coefficient (Wildman–Crippen LogP) is 22.0. The van der Waals surface area contributed by atoms with Crippen LogP contribution >= 0.6 is 0 Å². The number of hydrogen-bond donors (Lipinski definition) is 0.